The summed E-state index contributed by atoms with van der Waals surface area (Å²) in [5.41, 5.74) is 1.46. The molecule has 1 saturated heterocycles. The number of carbonyl (C=O) groups excluding carboxylic acids is 2. The molecule has 1 aliphatic carbocycles. The van der Waals surface area contributed by atoms with Crippen LogP contribution in [0.15, 0.2) is 0 Å². The fourth-order valence-electron chi connectivity index (χ4n) is 4.05. The number of amides is 2. The number of rotatable bonds is 7. The third-order valence-corrected chi connectivity index (χ3v) is 5.76. The molecule has 3 aliphatic rings. The van der Waals surface area contributed by atoms with E-state index < -0.39 is 0 Å². The topological polar surface area (TPSA) is 99.2 Å². The Hall–Kier alpha value is -2.22. The third kappa shape index (κ3) is 5.23. The number of nitrogens with zero attached hydrogens (tertiary/aromatic N) is 3. The van der Waals surface area contributed by atoms with E-state index in [0.717, 1.165) is 68.8 Å². The maximum atomic E-state index is 12.3. The zero-order chi connectivity index (χ0) is 20.4. The van der Waals surface area contributed by atoms with Crippen LogP contribution in [0.2, 0.25) is 0 Å². The van der Waals surface area contributed by atoms with Gasteiger partial charge in [0.2, 0.25) is 5.91 Å². The maximum Gasteiger partial charge on any atom is 0.270 e. The SMILES string of the molecule is CC(C)Cc1nc(NC2CCN(CC(=O)NC3CC3)CC2)c2c(n1)C(=O)NCC2. The summed E-state index contributed by atoms with van der Waals surface area (Å²) < 4.78 is 0. The molecule has 0 bridgehead atoms. The van der Waals surface area contributed by atoms with Gasteiger partial charge in [-0.15, -0.1) is 0 Å². The number of aromatic nitrogens is 2. The molecular weight excluding hydrogens is 368 g/mol. The molecule has 2 fully saturated rings. The van der Waals surface area contributed by atoms with Crippen LogP contribution < -0.4 is 16.0 Å². The lowest BCUT2D eigenvalue weighted by atomic mass is 10.0. The number of anilines is 1. The van der Waals surface area contributed by atoms with Crippen LogP contribution in [0.3, 0.4) is 0 Å². The molecule has 1 aromatic rings. The number of hydrogen-bond donors (Lipinski definition) is 3. The van der Waals surface area contributed by atoms with Crippen molar-refractivity contribution in [2.24, 2.45) is 5.92 Å². The molecule has 29 heavy (non-hydrogen) atoms. The van der Waals surface area contributed by atoms with E-state index in [1.54, 1.807) is 0 Å². The summed E-state index contributed by atoms with van der Waals surface area (Å²) in [5, 5.41) is 9.55. The van der Waals surface area contributed by atoms with Gasteiger partial charge in [-0.3, -0.25) is 14.5 Å². The highest BCUT2D eigenvalue weighted by Crippen LogP contribution is 2.24. The molecule has 8 nitrogen and oxygen atoms in total. The van der Waals surface area contributed by atoms with Gasteiger partial charge in [0, 0.05) is 43.7 Å². The van der Waals surface area contributed by atoms with E-state index in [2.05, 4.69) is 39.7 Å². The highest BCUT2D eigenvalue weighted by atomic mass is 16.2. The first-order valence-corrected chi connectivity index (χ1v) is 10.9. The summed E-state index contributed by atoms with van der Waals surface area (Å²) in [6, 6.07) is 0.719. The summed E-state index contributed by atoms with van der Waals surface area (Å²) in [7, 11) is 0. The Kier molecular flexibility index (Phi) is 5.99. The normalized spacial score (nSPS) is 20.3. The van der Waals surface area contributed by atoms with Gasteiger partial charge in [0.05, 0.1) is 6.54 Å². The molecule has 3 heterocycles. The first-order chi connectivity index (χ1) is 14.0. The lowest BCUT2D eigenvalue weighted by molar-refractivity contribution is -0.122. The number of carbonyl (C=O) groups is 2. The minimum absolute atomic E-state index is 0.0989. The second-order valence-electron chi connectivity index (χ2n) is 8.96. The van der Waals surface area contributed by atoms with Gasteiger partial charge in [-0.2, -0.15) is 0 Å². The van der Waals surface area contributed by atoms with Crippen LogP contribution in [0.5, 0.6) is 0 Å². The van der Waals surface area contributed by atoms with Gasteiger partial charge in [-0.05, 0) is 38.0 Å². The Bertz CT molecular complexity index is 769. The first kappa shape index (κ1) is 20.1. The summed E-state index contributed by atoms with van der Waals surface area (Å²) >= 11 is 0. The summed E-state index contributed by atoms with van der Waals surface area (Å²) in [6.45, 7) is 7.16. The highest BCUT2D eigenvalue weighted by Gasteiger charge is 2.28. The van der Waals surface area contributed by atoms with Crippen molar-refractivity contribution in [2.45, 2.75) is 64.5 Å². The average Bonchev–Trinajstić information content (AvgIpc) is 3.47. The standard InChI is InChI=1S/C21H32N6O2/c1-13(2)11-17-25-19-16(5-8-22-21(19)29)20(26-17)24-15-6-9-27(10-7-15)12-18(28)23-14-3-4-14/h13-15H,3-12H2,1-2H3,(H,22,29)(H,23,28)(H,24,25,26). The van der Waals surface area contributed by atoms with Crippen molar-refractivity contribution in [3.05, 3.63) is 17.1 Å². The lowest BCUT2D eigenvalue weighted by Crippen LogP contribution is -2.45. The quantitative estimate of drug-likeness (QED) is 0.634. The van der Waals surface area contributed by atoms with Gasteiger partial charge in [0.25, 0.3) is 5.91 Å². The zero-order valence-electron chi connectivity index (χ0n) is 17.5. The number of hydrogen-bond acceptors (Lipinski definition) is 6. The smallest absolute Gasteiger partial charge is 0.270 e. The Labute approximate surface area is 172 Å². The molecular formula is C21H32N6O2. The molecule has 2 amide bonds. The number of likely N-dealkylation sites (tertiary alicyclic amines) is 1. The van der Waals surface area contributed by atoms with Gasteiger partial charge in [0.1, 0.15) is 17.3 Å². The third-order valence-electron chi connectivity index (χ3n) is 5.76. The van der Waals surface area contributed by atoms with Crippen LogP contribution in [0.1, 0.15) is 61.4 Å². The van der Waals surface area contributed by atoms with E-state index >= 15 is 0 Å². The van der Waals surface area contributed by atoms with Crippen molar-refractivity contribution in [3.8, 4) is 0 Å². The van der Waals surface area contributed by atoms with Crippen LogP contribution in [-0.2, 0) is 17.6 Å². The second kappa shape index (κ2) is 8.65. The minimum Gasteiger partial charge on any atom is -0.367 e. The predicted octanol–water partition coefficient (Wildman–Crippen LogP) is 1.12. The fourth-order valence-corrected chi connectivity index (χ4v) is 4.05. The van der Waals surface area contributed by atoms with Crippen LogP contribution in [0, 0.1) is 5.92 Å². The second-order valence-corrected chi connectivity index (χ2v) is 8.96. The Morgan fingerprint density at radius 2 is 1.93 bits per heavy atom. The fraction of sp³-hybridized carbons (Fsp3) is 0.714. The van der Waals surface area contributed by atoms with Gasteiger partial charge in [-0.25, -0.2) is 9.97 Å². The summed E-state index contributed by atoms with van der Waals surface area (Å²) in [6.07, 6.45) is 5.67. The van der Waals surface area contributed by atoms with Crippen molar-refractivity contribution in [2.75, 3.05) is 31.5 Å². The van der Waals surface area contributed by atoms with Crippen molar-refractivity contribution >= 4 is 17.6 Å². The van der Waals surface area contributed by atoms with E-state index in [1.165, 1.54) is 0 Å². The van der Waals surface area contributed by atoms with Crippen LogP contribution in [0.25, 0.3) is 0 Å². The van der Waals surface area contributed by atoms with Gasteiger partial charge < -0.3 is 16.0 Å². The summed E-state index contributed by atoms with van der Waals surface area (Å²) in [4.78, 5) is 35.9. The molecule has 0 spiro atoms. The molecule has 0 atom stereocenters. The Morgan fingerprint density at radius 1 is 1.17 bits per heavy atom. The molecule has 0 radical (unpaired) electrons. The minimum atomic E-state index is -0.0989. The van der Waals surface area contributed by atoms with Crippen LogP contribution in [-0.4, -0.2) is 64.9 Å². The Morgan fingerprint density at radius 3 is 2.62 bits per heavy atom. The molecule has 3 N–H and O–H groups in total. The average molecular weight is 401 g/mol. The van der Waals surface area contributed by atoms with E-state index in [9.17, 15) is 9.59 Å². The van der Waals surface area contributed by atoms with Crippen molar-refractivity contribution in [1.82, 2.24) is 25.5 Å². The number of nitrogens with one attached hydrogen (secondary N) is 3. The molecule has 2 aliphatic heterocycles. The predicted molar refractivity (Wildman–Crippen MR) is 111 cm³/mol. The molecule has 1 saturated carbocycles. The molecule has 158 valence electrons. The van der Waals surface area contributed by atoms with E-state index in [1.807, 2.05) is 0 Å². The first-order valence-electron chi connectivity index (χ1n) is 10.9. The molecule has 4 rings (SSSR count). The molecule has 0 aromatic carbocycles. The molecule has 8 heteroatoms. The zero-order valence-corrected chi connectivity index (χ0v) is 17.5. The largest absolute Gasteiger partial charge is 0.367 e. The monoisotopic (exact) mass is 400 g/mol. The molecule has 0 unspecified atom stereocenters. The summed E-state index contributed by atoms with van der Waals surface area (Å²) in [5.74, 6) is 2.03. The highest BCUT2D eigenvalue weighted by molar-refractivity contribution is 5.96. The van der Waals surface area contributed by atoms with Crippen molar-refractivity contribution in [3.63, 3.8) is 0 Å². The maximum absolute atomic E-state index is 12.3. The van der Waals surface area contributed by atoms with Crippen molar-refractivity contribution < 1.29 is 9.59 Å². The van der Waals surface area contributed by atoms with E-state index in [0.29, 0.717) is 36.8 Å². The van der Waals surface area contributed by atoms with Gasteiger partial charge in [0.15, 0.2) is 0 Å². The molecule has 1 aromatic heterocycles. The lowest BCUT2D eigenvalue weighted by Gasteiger charge is -2.33. The van der Waals surface area contributed by atoms with Crippen LogP contribution in [0.4, 0.5) is 5.82 Å². The van der Waals surface area contributed by atoms with E-state index in [4.69, 9.17) is 4.98 Å². The number of piperidine rings is 1. The Balaban J connectivity index is 1.39. The van der Waals surface area contributed by atoms with Crippen molar-refractivity contribution in [1.29, 1.82) is 0 Å². The van der Waals surface area contributed by atoms with Gasteiger partial charge >= 0.3 is 0 Å². The van der Waals surface area contributed by atoms with Crippen LogP contribution >= 0.6 is 0 Å². The van der Waals surface area contributed by atoms with Gasteiger partial charge in [-0.1, -0.05) is 13.8 Å². The van der Waals surface area contributed by atoms with E-state index in [-0.39, 0.29) is 11.8 Å². The number of fused-ring (bicyclic) bond motifs is 1.